The molecule has 0 aliphatic heterocycles. The Morgan fingerprint density at radius 3 is 1.71 bits per heavy atom. The Kier molecular flexibility index (Phi) is 1.38. The molecule has 3 rings (SSSR count). The normalized spacial score (nSPS) is 43.0. The van der Waals surface area contributed by atoms with Crippen LogP contribution in [0.2, 0.25) is 0 Å². The predicted molar refractivity (Wildman–Crippen MR) is 38.9 cm³/mol. The molecule has 0 aromatic carbocycles. The maximum absolute atomic E-state index is 13.2. The molecule has 0 spiro atoms. The van der Waals surface area contributed by atoms with Crippen LogP contribution < -0.4 is 0 Å². The quantitative estimate of drug-likeness (QED) is 0.705. The smallest absolute Gasteiger partial charge is 0.315 e. The lowest BCUT2D eigenvalue weighted by Crippen LogP contribution is -2.51. The highest BCUT2D eigenvalue weighted by molar-refractivity contribution is 5.87. The van der Waals surface area contributed by atoms with Crippen LogP contribution in [0.4, 0.5) is 8.78 Å². The molecule has 0 heterocycles. The van der Waals surface area contributed by atoms with Crippen LogP contribution in [0.15, 0.2) is 0 Å². The van der Waals surface area contributed by atoms with Crippen LogP contribution in [0.25, 0.3) is 0 Å². The standard InChI is InChI=1S/C8H8F2O4/c9-8(10)3-6(4(11)12)1-7(8,2-6)5(13)14/h1-3H2,(H,11,12)(H,13,14). The molecule has 0 aromatic heterocycles. The highest BCUT2D eigenvalue weighted by atomic mass is 19.3. The fourth-order valence-electron chi connectivity index (χ4n) is 2.62. The minimum atomic E-state index is -3.39. The summed E-state index contributed by atoms with van der Waals surface area (Å²) in [5.41, 5.74) is -3.62. The molecular formula is C8H8F2O4. The first kappa shape index (κ1) is 9.36. The molecule has 0 aromatic rings. The molecule has 6 heteroatoms. The molecule has 3 saturated carbocycles. The van der Waals surface area contributed by atoms with E-state index in [0.717, 1.165) is 0 Å². The van der Waals surface area contributed by atoms with Crippen molar-refractivity contribution in [3.05, 3.63) is 0 Å². The van der Waals surface area contributed by atoms with Gasteiger partial charge in [-0.15, -0.1) is 0 Å². The van der Waals surface area contributed by atoms with E-state index in [0.29, 0.717) is 0 Å². The second-order valence-electron chi connectivity index (χ2n) is 4.21. The van der Waals surface area contributed by atoms with Crippen molar-refractivity contribution in [1.82, 2.24) is 0 Å². The van der Waals surface area contributed by atoms with E-state index in [1.54, 1.807) is 0 Å². The first-order valence-electron chi connectivity index (χ1n) is 4.10. The Balaban J connectivity index is 2.38. The van der Waals surface area contributed by atoms with Crippen LogP contribution in [-0.2, 0) is 9.59 Å². The highest BCUT2D eigenvalue weighted by Gasteiger charge is 2.82. The Bertz CT molecular complexity index is 330. The average molecular weight is 206 g/mol. The topological polar surface area (TPSA) is 74.6 Å². The second kappa shape index (κ2) is 2.07. The number of carboxylic acids is 2. The molecule has 0 saturated heterocycles. The van der Waals surface area contributed by atoms with Crippen molar-refractivity contribution in [3.8, 4) is 0 Å². The highest BCUT2D eigenvalue weighted by Crippen LogP contribution is 2.73. The molecule has 0 atom stereocenters. The Hall–Kier alpha value is -1.20. The maximum Gasteiger partial charge on any atom is 0.315 e. The number of hydrogen-bond acceptors (Lipinski definition) is 2. The van der Waals surface area contributed by atoms with Crippen LogP contribution in [-0.4, -0.2) is 28.1 Å². The number of carbonyl (C=O) groups is 2. The summed E-state index contributed by atoms with van der Waals surface area (Å²) in [5.74, 6) is -6.29. The lowest BCUT2D eigenvalue weighted by molar-refractivity contribution is -0.183. The molecule has 2 N–H and O–H groups in total. The zero-order valence-corrected chi connectivity index (χ0v) is 7.09. The Labute approximate surface area is 77.5 Å². The maximum atomic E-state index is 13.2. The van der Waals surface area contributed by atoms with E-state index in [1.807, 2.05) is 0 Å². The summed E-state index contributed by atoms with van der Waals surface area (Å²) in [7, 11) is 0. The van der Waals surface area contributed by atoms with E-state index in [9.17, 15) is 18.4 Å². The van der Waals surface area contributed by atoms with Crippen molar-refractivity contribution in [3.63, 3.8) is 0 Å². The lowest BCUT2D eigenvalue weighted by atomic mass is 9.60. The fourth-order valence-corrected chi connectivity index (χ4v) is 2.62. The number of fused-ring (bicyclic) bond motifs is 1. The van der Waals surface area contributed by atoms with Crippen LogP contribution in [0, 0.1) is 10.8 Å². The minimum Gasteiger partial charge on any atom is -0.481 e. The molecule has 0 unspecified atom stereocenters. The lowest BCUT2D eigenvalue weighted by Gasteiger charge is -2.41. The van der Waals surface area contributed by atoms with Crippen LogP contribution in [0.3, 0.4) is 0 Å². The first-order valence-corrected chi connectivity index (χ1v) is 4.10. The fraction of sp³-hybridized carbons (Fsp3) is 0.750. The van der Waals surface area contributed by atoms with Gasteiger partial charge in [0.15, 0.2) is 0 Å². The zero-order chi connectivity index (χ0) is 10.8. The Morgan fingerprint density at radius 1 is 1.00 bits per heavy atom. The molecule has 0 radical (unpaired) electrons. The second-order valence-corrected chi connectivity index (χ2v) is 4.21. The van der Waals surface area contributed by atoms with Gasteiger partial charge in [-0.05, 0) is 12.8 Å². The minimum absolute atomic E-state index is 0.447. The first-order chi connectivity index (χ1) is 6.26. The van der Waals surface area contributed by atoms with Gasteiger partial charge in [0.25, 0.3) is 5.92 Å². The number of hydrogen-bond donors (Lipinski definition) is 2. The van der Waals surface area contributed by atoms with E-state index in [1.165, 1.54) is 0 Å². The van der Waals surface area contributed by atoms with Crippen LogP contribution in [0.1, 0.15) is 19.3 Å². The number of carboxylic acid groups (broad SMARTS) is 2. The molecule has 3 aliphatic carbocycles. The van der Waals surface area contributed by atoms with Gasteiger partial charge in [-0.25, -0.2) is 8.78 Å². The molecule has 78 valence electrons. The molecule has 14 heavy (non-hydrogen) atoms. The van der Waals surface area contributed by atoms with Gasteiger partial charge in [0.2, 0.25) is 0 Å². The number of halogens is 2. The summed E-state index contributed by atoms with van der Waals surface area (Å²) < 4.78 is 26.5. The van der Waals surface area contributed by atoms with E-state index in [4.69, 9.17) is 10.2 Å². The molecule has 3 fully saturated rings. The molecule has 2 bridgehead atoms. The van der Waals surface area contributed by atoms with Gasteiger partial charge >= 0.3 is 11.9 Å². The largest absolute Gasteiger partial charge is 0.481 e. The summed E-state index contributed by atoms with van der Waals surface area (Å²) >= 11 is 0. The predicted octanol–water partition coefficient (Wildman–Crippen LogP) is 0.961. The summed E-state index contributed by atoms with van der Waals surface area (Å²) in [6.07, 6.45) is -1.74. The summed E-state index contributed by atoms with van der Waals surface area (Å²) in [5, 5.41) is 17.4. The third-order valence-corrected chi connectivity index (χ3v) is 3.40. The van der Waals surface area contributed by atoms with Crippen LogP contribution >= 0.6 is 0 Å². The molecule has 0 amide bonds. The van der Waals surface area contributed by atoms with E-state index >= 15 is 0 Å². The molecule has 3 aliphatic rings. The van der Waals surface area contributed by atoms with Gasteiger partial charge in [-0.3, -0.25) is 9.59 Å². The number of aliphatic carboxylic acids is 2. The summed E-state index contributed by atoms with van der Waals surface area (Å²) in [6, 6.07) is 0. The molecular weight excluding hydrogens is 198 g/mol. The monoisotopic (exact) mass is 206 g/mol. The zero-order valence-electron chi connectivity index (χ0n) is 7.09. The van der Waals surface area contributed by atoms with Crippen molar-refractivity contribution in [2.24, 2.45) is 10.8 Å². The molecule has 4 nitrogen and oxygen atoms in total. The number of rotatable bonds is 2. The van der Waals surface area contributed by atoms with E-state index in [2.05, 4.69) is 0 Å². The third kappa shape index (κ3) is 0.726. The Morgan fingerprint density at radius 2 is 1.50 bits per heavy atom. The van der Waals surface area contributed by atoms with Crippen molar-refractivity contribution in [2.75, 3.05) is 0 Å². The van der Waals surface area contributed by atoms with Gasteiger partial charge < -0.3 is 10.2 Å². The van der Waals surface area contributed by atoms with Gasteiger partial charge in [0.1, 0.15) is 5.41 Å². The number of alkyl halides is 2. The van der Waals surface area contributed by atoms with Crippen molar-refractivity contribution in [2.45, 2.75) is 25.2 Å². The average Bonchev–Trinajstić information content (AvgIpc) is 2.29. The third-order valence-electron chi connectivity index (χ3n) is 3.40. The van der Waals surface area contributed by atoms with Crippen molar-refractivity contribution < 1.29 is 28.6 Å². The van der Waals surface area contributed by atoms with E-state index < -0.39 is 48.0 Å². The van der Waals surface area contributed by atoms with Crippen molar-refractivity contribution >= 4 is 11.9 Å². The van der Waals surface area contributed by atoms with Crippen LogP contribution in [0.5, 0.6) is 0 Å². The van der Waals surface area contributed by atoms with E-state index in [-0.39, 0.29) is 0 Å². The summed E-state index contributed by atoms with van der Waals surface area (Å²) in [6.45, 7) is 0. The van der Waals surface area contributed by atoms with Gasteiger partial charge in [-0.1, -0.05) is 0 Å². The SMILES string of the molecule is O=C(O)C12CC(F)(F)C(C(=O)O)(C1)C2. The van der Waals surface area contributed by atoms with Gasteiger partial charge in [-0.2, -0.15) is 0 Å². The van der Waals surface area contributed by atoms with Gasteiger partial charge in [0.05, 0.1) is 5.41 Å². The van der Waals surface area contributed by atoms with Crippen molar-refractivity contribution in [1.29, 1.82) is 0 Å². The summed E-state index contributed by atoms with van der Waals surface area (Å²) in [4.78, 5) is 21.4. The van der Waals surface area contributed by atoms with Gasteiger partial charge in [0, 0.05) is 6.42 Å².